The highest BCUT2D eigenvalue weighted by Crippen LogP contribution is 2.33. The van der Waals surface area contributed by atoms with Gasteiger partial charge in [-0.2, -0.15) is 0 Å². The number of aryl methyl sites for hydroxylation is 1. The Morgan fingerprint density at radius 1 is 1.18 bits per heavy atom. The number of thiophene rings is 1. The summed E-state index contributed by atoms with van der Waals surface area (Å²) in [6, 6.07) is 10.6. The standard InChI is InChI=1S/C17H15N3S2/c1-2-20-11-19-14-7-8-18-17(16(14)20)22-10-12-9-21-15-6-4-3-5-13(12)15/h3-9,11H,2,10H2,1H3. The second-order valence-corrected chi connectivity index (χ2v) is 6.94. The first-order valence-corrected chi connectivity index (χ1v) is 9.11. The molecule has 3 aromatic heterocycles. The number of fused-ring (bicyclic) bond motifs is 2. The van der Waals surface area contributed by atoms with Crippen molar-refractivity contribution >= 4 is 44.2 Å². The fourth-order valence-electron chi connectivity index (χ4n) is 2.63. The lowest BCUT2D eigenvalue weighted by Gasteiger charge is -2.05. The second kappa shape index (κ2) is 5.74. The van der Waals surface area contributed by atoms with E-state index in [0.29, 0.717) is 0 Å². The number of nitrogens with zero attached hydrogens (tertiary/aromatic N) is 3. The zero-order valence-corrected chi connectivity index (χ0v) is 13.8. The van der Waals surface area contributed by atoms with Crippen molar-refractivity contribution in [3.63, 3.8) is 0 Å². The van der Waals surface area contributed by atoms with E-state index in [-0.39, 0.29) is 0 Å². The van der Waals surface area contributed by atoms with Gasteiger partial charge >= 0.3 is 0 Å². The lowest BCUT2D eigenvalue weighted by molar-refractivity contribution is 0.778. The Morgan fingerprint density at radius 2 is 2.09 bits per heavy atom. The van der Waals surface area contributed by atoms with E-state index in [1.54, 1.807) is 11.8 Å². The number of hydrogen-bond donors (Lipinski definition) is 0. The average molecular weight is 325 g/mol. The molecule has 0 amide bonds. The Bertz CT molecular complexity index is 939. The number of pyridine rings is 1. The average Bonchev–Trinajstić information content (AvgIpc) is 3.17. The third kappa shape index (κ3) is 2.30. The van der Waals surface area contributed by atoms with E-state index in [4.69, 9.17) is 0 Å². The molecule has 0 bridgehead atoms. The largest absolute Gasteiger partial charge is 0.329 e. The molecular weight excluding hydrogens is 310 g/mol. The van der Waals surface area contributed by atoms with Gasteiger partial charge in [0.05, 0.1) is 11.8 Å². The summed E-state index contributed by atoms with van der Waals surface area (Å²) in [5, 5.41) is 4.68. The third-order valence-corrected chi connectivity index (χ3v) is 5.80. The summed E-state index contributed by atoms with van der Waals surface area (Å²) >= 11 is 3.60. The van der Waals surface area contributed by atoms with Crippen LogP contribution in [0.4, 0.5) is 0 Å². The Morgan fingerprint density at radius 3 is 3.00 bits per heavy atom. The summed E-state index contributed by atoms with van der Waals surface area (Å²) in [5.41, 5.74) is 3.55. The van der Waals surface area contributed by atoms with E-state index in [1.807, 2.05) is 29.9 Å². The quantitative estimate of drug-likeness (QED) is 0.497. The van der Waals surface area contributed by atoms with Crippen LogP contribution in [-0.4, -0.2) is 14.5 Å². The molecule has 0 aliphatic rings. The highest BCUT2D eigenvalue weighted by Gasteiger charge is 2.10. The molecule has 0 unspecified atom stereocenters. The van der Waals surface area contributed by atoms with Crippen LogP contribution in [0, 0.1) is 0 Å². The summed E-state index contributed by atoms with van der Waals surface area (Å²) < 4.78 is 3.51. The van der Waals surface area contributed by atoms with Crippen LogP contribution in [0.2, 0.25) is 0 Å². The van der Waals surface area contributed by atoms with Crippen molar-refractivity contribution in [2.75, 3.05) is 0 Å². The molecule has 110 valence electrons. The van der Waals surface area contributed by atoms with Crippen LogP contribution in [0.15, 0.2) is 53.3 Å². The third-order valence-electron chi connectivity index (χ3n) is 3.76. The molecule has 0 atom stereocenters. The lowest BCUT2D eigenvalue weighted by Crippen LogP contribution is -1.94. The highest BCUT2D eigenvalue weighted by atomic mass is 32.2. The summed E-state index contributed by atoms with van der Waals surface area (Å²) in [7, 11) is 0. The number of imidazole rings is 1. The van der Waals surface area contributed by atoms with Gasteiger partial charge < -0.3 is 4.57 Å². The topological polar surface area (TPSA) is 30.7 Å². The molecule has 4 rings (SSSR count). The number of rotatable bonds is 4. The predicted octanol–water partition coefficient (Wildman–Crippen LogP) is 4.96. The smallest absolute Gasteiger partial charge is 0.122 e. The molecule has 0 aliphatic carbocycles. The maximum Gasteiger partial charge on any atom is 0.122 e. The Kier molecular flexibility index (Phi) is 3.60. The normalized spacial score (nSPS) is 11.5. The molecule has 22 heavy (non-hydrogen) atoms. The van der Waals surface area contributed by atoms with Gasteiger partial charge in [-0.1, -0.05) is 30.0 Å². The van der Waals surface area contributed by atoms with E-state index < -0.39 is 0 Å². The van der Waals surface area contributed by atoms with E-state index in [0.717, 1.165) is 28.4 Å². The molecule has 0 saturated carbocycles. The minimum atomic E-state index is 0.914. The van der Waals surface area contributed by atoms with Gasteiger partial charge in [-0.05, 0) is 35.4 Å². The molecule has 5 heteroatoms. The Hall–Kier alpha value is -1.85. The van der Waals surface area contributed by atoms with Crippen molar-refractivity contribution in [3.05, 3.63) is 53.8 Å². The first-order valence-electron chi connectivity index (χ1n) is 7.24. The molecule has 0 aliphatic heterocycles. The van der Waals surface area contributed by atoms with Gasteiger partial charge in [0.15, 0.2) is 0 Å². The van der Waals surface area contributed by atoms with Crippen LogP contribution in [0.25, 0.3) is 21.1 Å². The van der Waals surface area contributed by atoms with Gasteiger partial charge in [-0.25, -0.2) is 9.97 Å². The fourth-order valence-corrected chi connectivity index (χ4v) is 4.72. The van der Waals surface area contributed by atoms with Gasteiger partial charge in [0.25, 0.3) is 0 Å². The zero-order chi connectivity index (χ0) is 14.9. The number of hydrogen-bond acceptors (Lipinski definition) is 4. The van der Waals surface area contributed by atoms with Crippen molar-refractivity contribution in [3.8, 4) is 0 Å². The van der Waals surface area contributed by atoms with Crippen molar-refractivity contribution in [2.45, 2.75) is 24.2 Å². The lowest BCUT2D eigenvalue weighted by atomic mass is 10.2. The van der Waals surface area contributed by atoms with Crippen LogP contribution in [0.5, 0.6) is 0 Å². The van der Waals surface area contributed by atoms with E-state index >= 15 is 0 Å². The van der Waals surface area contributed by atoms with E-state index in [9.17, 15) is 0 Å². The molecule has 0 N–H and O–H groups in total. The molecule has 0 saturated heterocycles. The number of thioether (sulfide) groups is 1. The van der Waals surface area contributed by atoms with Crippen molar-refractivity contribution in [1.82, 2.24) is 14.5 Å². The second-order valence-electron chi connectivity index (χ2n) is 5.06. The summed E-state index contributed by atoms with van der Waals surface area (Å²) in [6.45, 7) is 3.05. The predicted molar refractivity (Wildman–Crippen MR) is 94.6 cm³/mol. The van der Waals surface area contributed by atoms with Gasteiger partial charge in [0.1, 0.15) is 10.5 Å². The monoisotopic (exact) mass is 325 g/mol. The van der Waals surface area contributed by atoms with Crippen LogP contribution in [-0.2, 0) is 12.3 Å². The van der Waals surface area contributed by atoms with Crippen LogP contribution in [0.1, 0.15) is 12.5 Å². The van der Waals surface area contributed by atoms with Crippen molar-refractivity contribution in [1.29, 1.82) is 0 Å². The maximum absolute atomic E-state index is 4.57. The molecule has 0 fully saturated rings. The summed E-state index contributed by atoms with van der Waals surface area (Å²) in [6.07, 6.45) is 3.75. The highest BCUT2D eigenvalue weighted by molar-refractivity contribution is 7.98. The minimum absolute atomic E-state index is 0.914. The molecule has 3 nitrogen and oxygen atoms in total. The van der Waals surface area contributed by atoms with Gasteiger partial charge in [0, 0.05) is 23.2 Å². The maximum atomic E-state index is 4.57. The summed E-state index contributed by atoms with van der Waals surface area (Å²) in [4.78, 5) is 9.03. The molecular formula is C17H15N3S2. The van der Waals surface area contributed by atoms with Crippen LogP contribution < -0.4 is 0 Å². The number of aromatic nitrogens is 3. The molecule has 1 aromatic carbocycles. The van der Waals surface area contributed by atoms with E-state index in [2.05, 4.69) is 51.1 Å². The van der Waals surface area contributed by atoms with E-state index in [1.165, 1.54) is 15.6 Å². The van der Waals surface area contributed by atoms with Crippen LogP contribution >= 0.6 is 23.1 Å². The fraction of sp³-hybridized carbons (Fsp3) is 0.176. The molecule has 0 spiro atoms. The Balaban J connectivity index is 1.68. The first kappa shape index (κ1) is 13.8. The van der Waals surface area contributed by atoms with Gasteiger partial charge in [-0.3, -0.25) is 0 Å². The molecule has 3 heterocycles. The Labute approximate surface area is 137 Å². The molecule has 4 aromatic rings. The SMILES string of the molecule is CCn1cnc2ccnc(SCc3csc4ccccc34)c21. The van der Waals surface area contributed by atoms with Crippen LogP contribution in [0.3, 0.4) is 0 Å². The molecule has 0 radical (unpaired) electrons. The van der Waals surface area contributed by atoms with Crippen molar-refractivity contribution in [2.24, 2.45) is 0 Å². The first-order chi connectivity index (χ1) is 10.9. The zero-order valence-electron chi connectivity index (χ0n) is 12.2. The van der Waals surface area contributed by atoms with Gasteiger partial charge in [0.2, 0.25) is 0 Å². The number of benzene rings is 1. The van der Waals surface area contributed by atoms with Gasteiger partial charge in [-0.15, -0.1) is 11.3 Å². The van der Waals surface area contributed by atoms with Crippen molar-refractivity contribution < 1.29 is 0 Å². The minimum Gasteiger partial charge on any atom is -0.329 e. The summed E-state index contributed by atoms with van der Waals surface area (Å²) in [5.74, 6) is 0.936.